The van der Waals surface area contributed by atoms with Crippen LogP contribution in [0.2, 0.25) is 0 Å². The number of benzene rings is 1. The molecule has 1 aliphatic heterocycles. The third-order valence-electron chi connectivity index (χ3n) is 3.10. The molecule has 5 nitrogen and oxygen atoms in total. The Hall–Kier alpha value is -1.72. The van der Waals surface area contributed by atoms with Crippen molar-refractivity contribution < 1.29 is 4.74 Å². The van der Waals surface area contributed by atoms with Crippen LogP contribution in [0.1, 0.15) is 13.8 Å². The molecule has 114 valence electrons. The molecule has 0 unspecified atom stereocenters. The van der Waals surface area contributed by atoms with Gasteiger partial charge in [-0.1, -0.05) is 32.0 Å². The number of ether oxygens (including phenoxy) is 1. The number of aliphatic imine (C=N–C) groups is 2. The van der Waals surface area contributed by atoms with E-state index in [1.807, 2.05) is 36.5 Å². The maximum atomic E-state index is 5.40. The molecule has 0 aliphatic carbocycles. The summed E-state index contributed by atoms with van der Waals surface area (Å²) >= 11 is 0. The summed E-state index contributed by atoms with van der Waals surface area (Å²) in [5, 5.41) is 3.32. The molecule has 1 aromatic carbocycles. The summed E-state index contributed by atoms with van der Waals surface area (Å²) < 4.78 is 5.40. The molecule has 0 amide bonds. The molecule has 1 saturated heterocycles. The van der Waals surface area contributed by atoms with E-state index in [1.165, 1.54) is 0 Å². The zero-order chi connectivity index (χ0) is 14.9. The molecular formula is C16H24N4O. The lowest BCUT2D eigenvalue weighted by Crippen LogP contribution is -2.40. The minimum absolute atomic E-state index is 0.453. The average molecular weight is 288 g/mol. The molecule has 0 atom stereocenters. The van der Waals surface area contributed by atoms with Crippen LogP contribution < -0.4 is 5.32 Å². The van der Waals surface area contributed by atoms with Crippen molar-refractivity contribution in [2.24, 2.45) is 9.98 Å². The number of hydrogen-bond donors (Lipinski definition) is 1. The normalized spacial score (nSPS) is 16.9. The molecule has 1 aromatic rings. The number of hydrogen-bond acceptors (Lipinski definition) is 3. The van der Waals surface area contributed by atoms with Crippen LogP contribution in [0.5, 0.6) is 0 Å². The lowest BCUT2D eigenvalue weighted by Gasteiger charge is -2.27. The van der Waals surface area contributed by atoms with Crippen molar-refractivity contribution in [1.82, 2.24) is 10.2 Å². The highest BCUT2D eigenvalue weighted by atomic mass is 16.5. The Bertz CT molecular complexity index is 464. The van der Waals surface area contributed by atoms with Crippen molar-refractivity contribution in [2.75, 3.05) is 32.8 Å². The molecule has 0 aromatic heterocycles. The lowest BCUT2D eigenvalue weighted by molar-refractivity contribution is 0.0676. The highest BCUT2D eigenvalue weighted by Crippen LogP contribution is 2.12. The summed E-state index contributed by atoms with van der Waals surface area (Å²) in [6.07, 6.45) is 1.89. The van der Waals surface area contributed by atoms with Gasteiger partial charge in [-0.05, 0) is 12.1 Å². The molecule has 1 N–H and O–H groups in total. The minimum Gasteiger partial charge on any atom is -0.378 e. The van der Waals surface area contributed by atoms with E-state index in [-0.39, 0.29) is 0 Å². The smallest absolute Gasteiger partial charge is 0.225 e. The SMILES string of the molecule is CC(C)NCC=NC(=Nc1ccccc1)N1CCOCC1. The van der Waals surface area contributed by atoms with Crippen LogP contribution in [-0.4, -0.2) is 56.0 Å². The quantitative estimate of drug-likeness (QED) is 0.681. The number of nitrogens with zero attached hydrogens (tertiary/aromatic N) is 3. The van der Waals surface area contributed by atoms with Gasteiger partial charge in [0.1, 0.15) is 0 Å². The third-order valence-corrected chi connectivity index (χ3v) is 3.10. The van der Waals surface area contributed by atoms with E-state index >= 15 is 0 Å². The second-order valence-corrected chi connectivity index (χ2v) is 5.22. The zero-order valence-electron chi connectivity index (χ0n) is 12.8. The van der Waals surface area contributed by atoms with E-state index in [9.17, 15) is 0 Å². The van der Waals surface area contributed by atoms with Crippen LogP contribution in [-0.2, 0) is 4.74 Å². The Morgan fingerprint density at radius 3 is 2.67 bits per heavy atom. The molecule has 1 fully saturated rings. The summed E-state index contributed by atoms with van der Waals surface area (Å²) in [5.74, 6) is 0.759. The summed E-state index contributed by atoms with van der Waals surface area (Å²) in [7, 11) is 0. The van der Waals surface area contributed by atoms with Crippen molar-refractivity contribution >= 4 is 17.9 Å². The molecule has 0 saturated carbocycles. The fourth-order valence-electron chi connectivity index (χ4n) is 1.98. The van der Waals surface area contributed by atoms with E-state index in [4.69, 9.17) is 4.74 Å². The third kappa shape index (κ3) is 5.65. The minimum atomic E-state index is 0.453. The highest BCUT2D eigenvalue weighted by Gasteiger charge is 2.14. The number of rotatable bonds is 4. The van der Waals surface area contributed by atoms with Gasteiger partial charge < -0.3 is 15.0 Å². The molecule has 1 aliphatic rings. The van der Waals surface area contributed by atoms with E-state index in [0.717, 1.165) is 44.5 Å². The predicted molar refractivity (Wildman–Crippen MR) is 87.6 cm³/mol. The predicted octanol–water partition coefficient (Wildman–Crippen LogP) is 2.08. The molecule has 1 heterocycles. The number of nitrogens with one attached hydrogen (secondary N) is 1. The Balaban J connectivity index is 2.08. The van der Waals surface area contributed by atoms with Crippen LogP contribution in [0.4, 0.5) is 5.69 Å². The molecule has 0 spiro atoms. The maximum Gasteiger partial charge on any atom is 0.225 e. The lowest BCUT2D eigenvalue weighted by atomic mass is 10.3. The number of morpholine rings is 1. The summed E-state index contributed by atoms with van der Waals surface area (Å²) in [6.45, 7) is 8.11. The first kappa shape index (κ1) is 15.7. The first-order valence-electron chi connectivity index (χ1n) is 7.48. The van der Waals surface area contributed by atoms with Crippen molar-refractivity contribution in [3.05, 3.63) is 30.3 Å². The van der Waals surface area contributed by atoms with Gasteiger partial charge in [-0.25, -0.2) is 9.98 Å². The molecule has 2 rings (SSSR count). The van der Waals surface area contributed by atoms with E-state index in [1.54, 1.807) is 0 Å². The van der Waals surface area contributed by atoms with Crippen LogP contribution in [0, 0.1) is 0 Å². The van der Waals surface area contributed by atoms with Crippen molar-refractivity contribution in [3.8, 4) is 0 Å². The van der Waals surface area contributed by atoms with Crippen molar-refractivity contribution in [1.29, 1.82) is 0 Å². The molecular weight excluding hydrogens is 264 g/mol. The van der Waals surface area contributed by atoms with E-state index in [0.29, 0.717) is 6.04 Å². The maximum absolute atomic E-state index is 5.40. The number of guanidine groups is 1. The van der Waals surface area contributed by atoms with E-state index in [2.05, 4.69) is 34.0 Å². The van der Waals surface area contributed by atoms with Gasteiger partial charge in [-0.15, -0.1) is 0 Å². The molecule has 5 heteroatoms. The molecule has 0 radical (unpaired) electrons. The first-order valence-corrected chi connectivity index (χ1v) is 7.48. The van der Waals surface area contributed by atoms with Gasteiger partial charge in [0.25, 0.3) is 0 Å². The standard InChI is InChI=1S/C16H24N4O/c1-14(2)17-8-9-18-16(20-10-12-21-13-11-20)19-15-6-4-3-5-7-15/h3-7,9,14,17H,8,10-13H2,1-2H3. The van der Waals surface area contributed by atoms with Crippen molar-refractivity contribution in [3.63, 3.8) is 0 Å². The monoisotopic (exact) mass is 288 g/mol. The highest BCUT2D eigenvalue weighted by molar-refractivity contribution is 5.90. The largest absolute Gasteiger partial charge is 0.378 e. The van der Waals surface area contributed by atoms with Crippen LogP contribution in [0.3, 0.4) is 0 Å². The fourth-order valence-corrected chi connectivity index (χ4v) is 1.98. The van der Waals surface area contributed by atoms with Crippen molar-refractivity contribution in [2.45, 2.75) is 19.9 Å². The summed E-state index contributed by atoms with van der Waals surface area (Å²) in [4.78, 5) is 11.4. The van der Waals surface area contributed by atoms with Gasteiger partial charge in [0, 0.05) is 31.9 Å². The Morgan fingerprint density at radius 2 is 2.00 bits per heavy atom. The average Bonchev–Trinajstić information content (AvgIpc) is 2.52. The zero-order valence-corrected chi connectivity index (χ0v) is 12.8. The summed E-state index contributed by atoms with van der Waals surface area (Å²) in [6, 6.07) is 10.4. The number of para-hydroxylation sites is 1. The van der Waals surface area contributed by atoms with E-state index < -0.39 is 0 Å². The van der Waals surface area contributed by atoms with Gasteiger partial charge in [-0.3, -0.25) is 0 Å². The van der Waals surface area contributed by atoms with Gasteiger partial charge in [0.2, 0.25) is 5.96 Å². The molecule has 0 bridgehead atoms. The van der Waals surface area contributed by atoms with Gasteiger partial charge in [0.05, 0.1) is 18.9 Å². The van der Waals surface area contributed by atoms with Crippen LogP contribution >= 0.6 is 0 Å². The Kier molecular flexibility index (Phi) is 6.37. The summed E-state index contributed by atoms with van der Waals surface area (Å²) in [5.41, 5.74) is 0.924. The van der Waals surface area contributed by atoms with Gasteiger partial charge in [0.15, 0.2) is 0 Å². The van der Waals surface area contributed by atoms with Crippen LogP contribution in [0.25, 0.3) is 0 Å². The molecule has 21 heavy (non-hydrogen) atoms. The second-order valence-electron chi connectivity index (χ2n) is 5.22. The van der Waals surface area contributed by atoms with Gasteiger partial charge >= 0.3 is 0 Å². The Morgan fingerprint density at radius 1 is 1.29 bits per heavy atom. The fraction of sp³-hybridized carbons (Fsp3) is 0.500. The Labute approximate surface area is 126 Å². The van der Waals surface area contributed by atoms with Gasteiger partial charge in [-0.2, -0.15) is 0 Å². The second kappa shape index (κ2) is 8.54. The topological polar surface area (TPSA) is 49.2 Å². The first-order chi connectivity index (χ1) is 10.3. The van der Waals surface area contributed by atoms with Crippen LogP contribution in [0.15, 0.2) is 40.3 Å².